The van der Waals surface area contributed by atoms with Crippen molar-refractivity contribution in [1.82, 2.24) is 4.90 Å². The van der Waals surface area contributed by atoms with E-state index in [-0.39, 0.29) is 29.7 Å². The average Bonchev–Trinajstić information content (AvgIpc) is 3.17. The number of amides is 1. The second kappa shape index (κ2) is 9.07. The quantitative estimate of drug-likeness (QED) is 0.662. The summed E-state index contributed by atoms with van der Waals surface area (Å²) in [6.07, 6.45) is 6.60. The molecule has 6 heteroatoms. The third-order valence-corrected chi connectivity index (χ3v) is 10.4. The number of allylic oxidation sites excluding steroid dienone is 2. The van der Waals surface area contributed by atoms with E-state index in [0.717, 1.165) is 36.8 Å². The summed E-state index contributed by atoms with van der Waals surface area (Å²) in [6, 6.07) is 9.91. The monoisotopic (exact) mass is 499 g/mol. The van der Waals surface area contributed by atoms with Gasteiger partial charge in [0.15, 0.2) is 0 Å². The van der Waals surface area contributed by atoms with Crippen LogP contribution < -0.4 is 0 Å². The topological polar surface area (TPSA) is 57.6 Å². The third kappa shape index (κ3) is 4.47. The molecule has 1 aliphatic carbocycles. The van der Waals surface area contributed by atoms with Gasteiger partial charge in [-0.2, -0.15) is 0 Å². The Morgan fingerprint density at radius 3 is 2.62 bits per heavy atom. The van der Waals surface area contributed by atoms with E-state index in [0.29, 0.717) is 19.4 Å². The van der Waals surface area contributed by atoms with E-state index in [2.05, 4.69) is 0 Å². The summed E-state index contributed by atoms with van der Waals surface area (Å²) in [7, 11) is 0. The van der Waals surface area contributed by atoms with Crippen LogP contribution in [0.4, 0.5) is 2.66 Å². The van der Waals surface area contributed by atoms with Crippen molar-refractivity contribution in [3.63, 3.8) is 0 Å². The van der Waals surface area contributed by atoms with Crippen molar-refractivity contribution >= 4 is 33.9 Å². The molecule has 0 radical (unpaired) electrons. The van der Waals surface area contributed by atoms with Crippen LogP contribution in [0, 0.1) is 11.8 Å². The van der Waals surface area contributed by atoms with Gasteiger partial charge in [0.1, 0.15) is 0 Å². The van der Waals surface area contributed by atoms with Gasteiger partial charge < -0.3 is 0 Å². The van der Waals surface area contributed by atoms with Gasteiger partial charge in [0, 0.05) is 0 Å². The Hall–Kier alpha value is -1.56. The molecule has 0 bridgehead atoms. The molecule has 2 heterocycles. The molecule has 1 amide bonds. The van der Waals surface area contributed by atoms with Gasteiger partial charge in [-0.05, 0) is 0 Å². The maximum absolute atomic E-state index is 14.0. The Labute approximate surface area is 179 Å². The van der Waals surface area contributed by atoms with Crippen LogP contribution in [-0.2, 0) is 9.59 Å². The number of hydrogen-bond donors (Lipinski definition) is 1. The summed E-state index contributed by atoms with van der Waals surface area (Å²) in [5, 5.41) is 9.62. The van der Waals surface area contributed by atoms with Crippen LogP contribution >= 0.6 is 0 Å². The molecule has 1 aromatic rings. The average molecular weight is 499 g/mol. The number of carboxylic acids is 1. The Kier molecular flexibility index (Phi) is 6.47. The summed E-state index contributed by atoms with van der Waals surface area (Å²) >= 11 is -3.13. The van der Waals surface area contributed by atoms with E-state index in [9.17, 15) is 17.4 Å². The van der Waals surface area contributed by atoms with E-state index in [4.69, 9.17) is 0 Å². The first-order valence-corrected chi connectivity index (χ1v) is 15.7. The van der Waals surface area contributed by atoms with Crippen LogP contribution in [-0.4, -0.2) is 56.5 Å². The number of aliphatic carboxylic acids is 1. The van der Waals surface area contributed by atoms with Crippen molar-refractivity contribution in [2.75, 3.05) is 6.54 Å². The van der Waals surface area contributed by atoms with E-state index in [1.165, 1.54) is 0 Å². The van der Waals surface area contributed by atoms with Crippen molar-refractivity contribution in [3.05, 3.63) is 55.2 Å². The first kappa shape index (κ1) is 20.7. The summed E-state index contributed by atoms with van der Waals surface area (Å²) in [5.41, 5.74) is 1.98. The minimum atomic E-state index is -3.13. The minimum absolute atomic E-state index is 0.0312. The fraction of sp³-hybridized carbons (Fsp3) is 0.478. The number of likely N-dealkylation sites (tertiary alicyclic amines) is 1. The second-order valence-electron chi connectivity index (χ2n) is 8.47. The zero-order chi connectivity index (χ0) is 20.4. The Morgan fingerprint density at radius 2 is 1.93 bits per heavy atom. The molecule has 4 unspecified atom stereocenters. The van der Waals surface area contributed by atoms with Crippen molar-refractivity contribution < 1.29 is 17.4 Å². The molecule has 2 aliphatic heterocycles. The fourth-order valence-corrected chi connectivity index (χ4v) is 8.91. The molecular formula is C23H27FInNO3. The van der Waals surface area contributed by atoms with Gasteiger partial charge in [0.25, 0.3) is 0 Å². The number of fused-ring (bicyclic) bond motifs is 1. The number of piperidine rings is 1. The molecule has 1 aromatic carbocycles. The predicted molar refractivity (Wildman–Crippen MR) is 111 cm³/mol. The molecule has 29 heavy (non-hydrogen) atoms. The molecule has 1 saturated carbocycles. The molecule has 1 N–H and O–H groups in total. The van der Waals surface area contributed by atoms with Crippen LogP contribution in [0.5, 0.6) is 0 Å². The van der Waals surface area contributed by atoms with Crippen molar-refractivity contribution in [2.45, 2.75) is 50.5 Å². The van der Waals surface area contributed by atoms with E-state index in [1.807, 2.05) is 41.3 Å². The molecule has 152 valence electrons. The first-order valence-electron chi connectivity index (χ1n) is 10.7. The summed E-state index contributed by atoms with van der Waals surface area (Å²) in [6.45, 7) is 0.512. The summed E-state index contributed by atoms with van der Waals surface area (Å²) < 4.78 is 17.5. The number of carbonyl (C=O) groups excluding carboxylic acids is 1. The van der Waals surface area contributed by atoms with Crippen molar-refractivity contribution in [2.24, 2.45) is 11.8 Å². The maximum atomic E-state index is 14.0. The molecule has 2 fully saturated rings. The molecule has 4 rings (SSSR count). The Morgan fingerprint density at radius 1 is 1.17 bits per heavy atom. The molecule has 4 atom stereocenters. The van der Waals surface area contributed by atoms with Gasteiger partial charge in [-0.25, -0.2) is 0 Å². The van der Waals surface area contributed by atoms with Gasteiger partial charge in [-0.1, -0.05) is 0 Å². The molecule has 3 aliphatic rings. The van der Waals surface area contributed by atoms with Crippen LogP contribution in [0.1, 0.15) is 50.0 Å². The van der Waals surface area contributed by atoms with Gasteiger partial charge in [-0.3, -0.25) is 0 Å². The Balaban J connectivity index is 1.55. The number of carbonyl (C=O) groups is 2. The standard InChI is InChI=1S/C23H27NO3.FH.In/c1-3-16(2)20(17-9-5-4-6-10-17)15-22(25)24-14-13-19(23(26)27)18-11-7-8-12-21(18)24;;/h1-6,9-10,18-21H,7-8,11-15H2,(H,26,27);1H;/q;;+1/p-1. The Bertz CT molecular complexity index is 825. The van der Waals surface area contributed by atoms with Crippen LogP contribution in [0.15, 0.2) is 49.6 Å². The van der Waals surface area contributed by atoms with Crippen LogP contribution in [0.2, 0.25) is 0 Å². The predicted octanol–water partition coefficient (Wildman–Crippen LogP) is 4.19. The normalized spacial score (nSPS) is 27.3. The number of rotatable bonds is 5. The van der Waals surface area contributed by atoms with Gasteiger partial charge in [-0.15, -0.1) is 0 Å². The fourth-order valence-electron chi connectivity index (χ4n) is 5.41. The number of halogens is 1. The van der Waals surface area contributed by atoms with Crippen LogP contribution in [0.3, 0.4) is 0 Å². The zero-order valence-electron chi connectivity index (χ0n) is 16.5. The number of nitrogens with zero attached hydrogens (tertiary/aromatic N) is 1. The van der Waals surface area contributed by atoms with Crippen LogP contribution in [0.25, 0.3) is 0 Å². The molecule has 4 nitrogen and oxygen atoms in total. The van der Waals surface area contributed by atoms with E-state index in [1.54, 1.807) is 7.67 Å². The SMILES string of the molecule is O=C(O)C1CCN(C(=O)CC(C2=[CH][In]([F])[CH]=C2)c2ccccc2)C2CCCCC12. The number of benzene rings is 1. The molecule has 0 aromatic heterocycles. The summed E-state index contributed by atoms with van der Waals surface area (Å²) in [5.74, 6) is -1.05. The second-order valence-corrected chi connectivity index (χ2v) is 13.1. The number of carboxylic acid groups (broad SMARTS) is 1. The molecule has 0 spiro atoms. The molecular weight excluding hydrogens is 472 g/mol. The van der Waals surface area contributed by atoms with Crippen molar-refractivity contribution in [3.8, 4) is 0 Å². The van der Waals surface area contributed by atoms with Gasteiger partial charge in [0.05, 0.1) is 0 Å². The van der Waals surface area contributed by atoms with Crippen molar-refractivity contribution in [1.29, 1.82) is 0 Å². The van der Waals surface area contributed by atoms with E-state index >= 15 is 0 Å². The third-order valence-electron chi connectivity index (χ3n) is 6.82. The van der Waals surface area contributed by atoms with Gasteiger partial charge in [0.2, 0.25) is 0 Å². The number of hydrogen-bond acceptors (Lipinski definition) is 2. The molecule has 1 saturated heterocycles. The first-order chi connectivity index (χ1) is 14.0. The van der Waals surface area contributed by atoms with Gasteiger partial charge >= 0.3 is 180 Å². The summed E-state index contributed by atoms with van der Waals surface area (Å²) in [4.78, 5) is 27.1. The van der Waals surface area contributed by atoms with E-state index < -0.39 is 28.0 Å². The zero-order valence-corrected chi connectivity index (χ0v) is 19.8.